The highest BCUT2D eigenvalue weighted by Gasteiger charge is 2.35. The fourth-order valence-electron chi connectivity index (χ4n) is 3.08. The molecule has 0 aliphatic heterocycles. The molecule has 3 aromatic carbocycles. The van der Waals surface area contributed by atoms with Crippen LogP contribution < -0.4 is 4.74 Å². The average molecular weight is 435 g/mol. The molecule has 1 heterocycles. The Labute approximate surface area is 174 Å². The van der Waals surface area contributed by atoms with E-state index in [2.05, 4.69) is 11.1 Å². The van der Waals surface area contributed by atoms with Crippen LogP contribution in [-0.4, -0.2) is 4.98 Å². The molecule has 1 radical (unpaired) electrons. The van der Waals surface area contributed by atoms with Crippen molar-refractivity contribution in [3.63, 3.8) is 0 Å². The summed E-state index contributed by atoms with van der Waals surface area (Å²) in [6, 6.07) is 17.0. The Morgan fingerprint density at radius 1 is 1.00 bits per heavy atom. The van der Waals surface area contributed by atoms with Crippen LogP contribution >= 0.6 is 23.2 Å². The van der Waals surface area contributed by atoms with Crippen LogP contribution in [0.4, 0.5) is 13.2 Å². The topological polar surface area (TPSA) is 25.0 Å². The summed E-state index contributed by atoms with van der Waals surface area (Å²) in [6.45, 7) is 0. The van der Waals surface area contributed by atoms with E-state index in [-0.39, 0.29) is 10.8 Å². The van der Waals surface area contributed by atoms with E-state index in [0.717, 1.165) is 28.1 Å². The summed E-state index contributed by atoms with van der Waals surface area (Å²) in [7, 11) is 0. The number of benzene rings is 3. The van der Waals surface area contributed by atoms with Crippen LogP contribution in [0.15, 0.2) is 60.8 Å². The van der Waals surface area contributed by atoms with Crippen LogP contribution in [0.25, 0.3) is 10.9 Å². The number of aromatic amines is 1. The molecule has 0 saturated carbocycles. The average Bonchev–Trinajstić information content (AvgIpc) is 3.06. The summed E-state index contributed by atoms with van der Waals surface area (Å²) in [5.74, 6) is -0.180. The zero-order chi connectivity index (χ0) is 20.6. The van der Waals surface area contributed by atoms with E-state index in [1.54, 1.807) is 18.2 Å². The maximum absolute atomic E-state index is 13.3. The van der Waals surface area contributed by atoms with E-state index in [1.165, 1.54) is 6.07 Å². The minimum Gasteiger partial charge on any atom is -0.455 e. The summed E-state index contributed by atoms with van der Waals surface area (Å²) in [5.41, 5.74) is 1.92. The minimum atomic E-state index is -4.60. The van der Waals surface area contributed by atoms with E-state index in [4.69, 9.17) is 27.9 Å². The maximum Gasteiger partial charge on any atom is 0.420 e. The third kappa shape index (κ3) is 4.21. The van der Waals surface area contributed by atoms with Gasteiger partial charge in [-0.05, 0) is 66.1 Å². The van der Waals surface area contributed by atoms with Crippen LogP contribution in [0.2, 0.25) is 10.0 Å². The van der Waals surface area contributed by atoms with Crippen molar-refractivity contribution in [1.29, 1.82) is 0 Å². The zero-order valence-electron chi connectivity index (χ0n) is 14.8. The number of hydrogen-bond donors (Lipinski definition) is 1. The van der Waals surface area contributed by atoms with E-state index < -0.39 is 17.5 Å². The lowest BCUT2D eigenvalue weighted by Crippen LogP contribution is -2.07. The SMILES string of the molecule is FC(F)(F)c1c[c]cc(Cl)c1Oc1ccc2[nH]cc(Cc3ccc(Cl)cc3)c2c1. The molecule has 0 amide bonds. The Balaban J connectivity index is 1.69. The summed E-state index contributed by atoms with van der Waals surface area (Å²) in [6.07, 6.45) is -2.10. The van der Waals surface area contributed by atoms with Crippen LogP contribution in [0.1, 0.15) is 16.7 Å². The molecule has 0 aliphatic carbocycles. The number of aromatic nitrogens is 1. The molecule has 1 aromatic heterocycles. The number of H-pyrrole nitrogens is 1. The normalized spacial score (nSPS) is 11.8. The van der Waals surface area contributed by atoms with Gasteiger partial charge in [0.25, 0.3) is 0 Å². The minimum absolute atomic E-state index is 0.157. The van der Waals surface area contributed by atoms with Crippen molar-refractivity contribution >= 4 is 34.1 Å². The molecule has 0 spiro atoms. The molecule has 0 aliphatic rings. The molecule has 0 saturated heterocycles. The van der Waals surface area contributed by atoms with Crippen molar-refractivity contribution in [3.05, 3.63) is 93.6 Å². The van der Waals surface area contributed by atoms with Gasteiger partial charge in [0.2, 0.25) is 0 Å². The lowest BCUT2D eigenvalue weighted by Gasteiger charge is -2.15. The number of nitrogens with one attached hydrogen (secondary N) is 1. The number of alkyl halides is 3. The van der Waals surface area contributed by atoms with Crippen molar-refractivity contribution in [2.75, 3.05) is 0 Å². The van der Waals surface area contributed by atoms with Gasteiger partial charge in [0.05, 0.1) is 5.02 Å². The summed E-state index contributed by atoms with van der Waals surface area (Å²) in [4.78, 5) is 3.17. The monoisotopic (exact) mass is 434 g/mol. The van der Waals surface area contributed by atoms with Crippen LogP contribution in [0.3, 0.4) is 0 Å². The fourth-order valence-corrected chi connectivity index (χ4v) is 3.41. The van der Waals surface area contributed by atoms with Gasteiger partial charge < -0.3 is 9.72 Å². The van der Waals surface area contributed by atoms with Crippen molar-refractivity contribution in [3.8, 4) is 11.5 Å². The maximum atomic E-state index is 13.3. The molecule has 7 heteroatoms. The van der Waals surface area contributed by atoms with Gasteiger partial charge in [-0.25, -0.2) is 0 Å². The zero-order valence-corrected chi connectivity index (χ0v) is 16.3. The summed E-state index contributed by atoms with van der Waals surface area (Å²) >= 11 is 11.9. The van der Waals surface area contributed by atoms with Gasteiger partial charge in [0.1, 0.15) is 11.3 Å². The van der Waals surface area contributed by atoms with Gasteiger partial charge in [-0.2, -0.15) is 13.2 Å². The molecule has 29 heavy (non-hydrogen) atoms. The van der Waals surface area contributed by atoms with Gasteiger partial charge >= 0.3 is 6.18 Å². The predicted molar refractivity (Wildman–Crippen MR) is 108 cm³/mol. The Kier molecular flexibility index (Phi) is 5.19. The van der Waals surface area contributed by atoms with Crippen molar-refractivity contribution in [2.45, 2.75) is 12.6 Å². The smallest absolute Gasteiger partial charge is 0.420 e. The predicted octanol–water partition coefficient (Wildman–Crippen LogP) is 7.68. The summed E-state index contributed by atoms with van der Waals surface area (Å²) < 4.78 is 45.5. The number of fused-ring (bicyclic) bond motifs is 1. The number of ether oxygens (including phenoxy) is 1. The molecule has 1 N–H and O–H groups in total. The quantitative estimate of drug-likeness (QED) is 0.350. The molecule has 147 valence electrons. The highest BCUT2D eigenvalue weighted by molar-refractivity contribution is 6.32. The van der Waals surface area contributed by atoms with Crippen LogP contribution in [0.5, 0.6) is 11.5 Å². The second kappa shape index (κ2) is 7.65. The molecule has 4 rings (SSSR count). The third-order valence-electron chi connectivity index (χ3n) is 4.47. The molecule has 0 fully saturated rings. The third-order valence-corrected chi connectivity index (χ3v) is 5.00. The Morgan fingerprint density at radius 2 is 1.76 bits per heavy atom. The standard InChI is InChI=1S/C22H13Cl2F3NO/c23-15-6-4-13(5-7-15)10-14-12-28-20-9-8-16(11-17(14)20)29-21-18(22(25,26)27)2-1-3-19(21)24/h2-9,11-12,28H,10H2. The highest BCUT2D eigenvalue weighted by Crippen LogP contribution is 2.42. The largest absolute Gasteiger partial charge is 0.455 e. The second-order valence-corrected chi connectivity index (χ2v) is 7.31. The fraction of sp³-hybridized carbons (Fsp3) is 0.0909. The van der Waals surface area contributed by atoms with E-state index in [0.29, 0.717) is 11.4 Å². The first-order valence-electron chi connectivity index (χ1n) is 8.60. The van der Waals surface area contributed by atoms with Crippen LogP contribution in [0, 0.1) is 6.07 Å². The van der Waals surface area contributed by atoms with Gasteiger partial charge in [0, 0.05) is 22.1 Å². The molecular formula is C22H13Cl2F3NO. The van der Waals surface area contributed by atoms with Gasteiger partial charge in [-0.15, -0.1) is 0 Å². The van der Waals surface area contributed by atoms with Crippen molar-refractivity contribution in [2.24, 2.45) is 0 Å². The number of rotatable bonds is 4. The first-order chi connectivity index (χ1) is 13.8. The molecule has 0 unspecified atom stereocenters. The Hall–Kier alpha value is -2.63. The van der Waals surface area contributed by atoms with Gasteiger partial charge in [0.15, 0.2) is 5.75 Å². The Bertz CT molecular complexity index is 1170. The van der Waals surface area contributed by atoms with Gasteiger partial charge in [-0.3, -0.25) is 0 Å². The molecule has 4 aromatic rings. The van der Waals surface area contributed by atoms with Gasteiger partial charge in [-0.1, -0.05) is 35.3 Å². The van der Waals surface area contributed by atoms with E-state index >= 15 is 0 Å². The highest BCUT2D eigenvalue weighted by atomic mass is 35.5. The Morgan fingerprint density at radius 3 is 2.48 bits per heavy atom. The summed E-state index contributed by atoms with van der Waals surface area (Å²) in [5, 5.41) is 1.35. The molecular weight excluding hydrogens is 422 g/mol. The number of hydrogen-bond acceptors (Lipinski definition) is 1. The second-order valence-electron chi connectivity index (χ2n) is 6.47. The number of halogens is 5. The van der Waals surface area contributed by atoms with Crippen molar-refractivity contribution in [1.82, 2.24) is 4.98 Å². The molecule has 2 nitrogen and oxygen atoms in total. The van der Waals surface area contributed by atoms with Crippen molar-refractivity contribution < 1.29 is 17.9 Å². The lowest BCUT2D eigenvalue weighted by atomic mass is 10.0. The lowest BCUT2D eigenvalue weighted by molar-refractivity contribution is -0.138. The molecule has 0 atom stereocenters. The van der Waals surface area contributed by atoms with Crippen LogP contribution in [-0.2, 0) is 12.6 Å². The molecule has 0 bridgehead atoms. The first-order valence-corrected chi connectivity index (χ1v) is 9.36. The first kappa shape index (κ1) is 19.7. The van der Waals surface area contributed by atoms with E-state index in [1.807, 2.05) is 30.5 Å². The van der Waals surface area contributed by atoms with E-state index in [9.17, 15) is 13.2 Å².